The van der Waals surface area contributed by atoms with Crippen molar-refractivity contribution in [2.75, 3.05) is 19.6 Å². The lowest BCUT2D eigenvalue weighted by Crippen LogP contribution is -2.53. The van der Waals surface area contributed by atoms with Crippen molar-refractivity contribution < 1.29 is 14.7 Å². The maximum Gasteiger partial charge on any atom is 0.317 e. The van der Waals surface area contributed by atoms with Crippen molar-refractivity contribution >= 4 is 12.0 Å². The third-order valence-electron chi connectivity index (χ3n) is 4.74. The number of nitrogens with zero attached hydrogens (tertiary/aromatic N) is 1. The molecule has 1 rings (SSSR count). The van der Waals surface area contributed by atoms with E-state index in [9.17, 15) is 14.7 Å². The second kappa shape index (κ2) is 8.25. The van der Waals surface area contributed by atoms with Crippen LogP contribution >= 0.6 is 0 Å². The van der Waals surface area contributed by atoms with Gasteiger partial charge < -0.3 is 15.3 Å². The second-order valence-corrected chi connectivity index (χ2v) is 6.23. The highest BCUT2D eigenvalue weighted by atomic mass is 16.4. The summed E-state index contributed by atoms with van der Waals surface area (Å²) >= 11 is 0. The standard InChI is InChI=1S/C16H30N2O3/c1-4-8-16(14(19)20)9-7-10-18(12-16)15(21)17-11-13(5-2)6-3/h13H,4-12H2,1-3H3,(H,17,21)(H,19,20). The zero-order chi connectivity index (χ0) is 15.9. The Balaban J connectivity index is 2.62. The summed E-state index contributed by atoms with van der Waals surface area (Å²) in [5, 5.41) is 12.5. The largest absolute Gasteiger partial charge is 0.481 e. The molecule has 21 heavy (non-hydrogen) atoms. The molecule has 1 atom stereocenters. The lowest BCUT2D eigenvalue weighted by Gasteiger charge is -2.40. The summed E-state index contributed by atoms with van der Waals surface area (Å²) in [5.41, 5.74) is -0.751. The number of piperidine rings is 1. The molecule has 2 amide bonds. The van der Waals surface area contributed by atoms with Crippen molar-refractivity contribution in [3.05, 3.63) is 0 Å². The quantitative estimate of drug-likeness (QED) is 0.758. The molecule has 5 heteroatoms. The van der Waals surface area contributed by atoms with Crippen LogP contribution in [-0.2, 0) is 4.79 Å². The average molecular weight is 298 g/mol. The zero-order valence-electron chi connectivity index (χ0n) is 13.7. The SMILES string of the molecule is CCCC1(C(=O)O)CCCN(C(=O)NCC(CC)CC)C1. The van der Waals surface area contributed by atoms with Crippen LogP contribution in [0.5, 0.6) is 0 Å². The van der Waals surface area contributed by atoms with E-state index in [-0.39, 0.29) is 6.03 Å². The lowest BCUT2D eigenvalue weighted by molar-refractivity contribution is -0.152. The highest BCUT2D eigenvalue weighted by Crippen LogP contribution is 2.35. The third-order valence-corrected chi connectivity index (χ3v) is 4.74. The van der Waals surface area contributed by atoms with E-state index in [4.69, 9.17) is 0 Å². The first-order valence-electron chi connectivity index (χ1n) is 8.25. The number of amides is 2. The van der Waals surface area contributed by atoms with E-state index >= 15 is 0 Å². The Bertz CT molecular complexity index is 351. The molecule has 0 aromatic carbocycles. The number of likely N-dealkylation sites (tertiary alicyclic amines) is 1. The molecule has 0 aromatic rings. The number of carbonyl (C=O) groups is 2. The summed E-state index contributed by atoms with van der Waals surface area (Å²) in [5.74, 6) is -0.263. The fourth-order valence-electron chi connectivity index (χ4n) is 3.19. The van der Waals surface area contributed by atoms with Gasteiger partial charge in [-0.2, -0.15) is 0 Å². The molecule has 0 aliphatic carbocycles. The molecule has 1 heterocycles. The van der Waals surface area contributed by atoms with Crippen LogP contribution in [0.25, 0.3) is 0 Å². The summed E-state index contributed by atoms with van der Waals surface area (Å²) < 4.78 is 0. The van der Waals surface area contributed by atoms with Crippen molar-refractivity contribution in [3.63, 3.8) is 0 Å². The van der Waals surface area contributed by atoms with Crippen molar-refractivity contribution in [3.8, 4) is 0 Å². The highest BCUT2D eigenvalue weighted by Gasteiger charge is 2.42. The van der Waals surface area contributed by atoms with Gasteiger partial charge in [0.05, 0.1) is 5.41 Å². The van der Waals surface area contributed by atoms with E-state index in [1.165, 1.54) is 0 Å². The van der Waals surface area contributed by atoms with Gasteiger partial charge in [0.2, 0.25) is 0 Å². The number of rotatable bonds is 7. The average Bonchev–Trinajstić information content (AvgIpc) is 2.48. The minimum Gasteiger partial charge on any atom is -0.481 e. The Morgan fingerprint density at radius 2 is 1.95 bits per heavy atom. The second-order valence-electron chi connectivity index (χ2n) is 6.23. The molecule has 1 saturated heterocycles. The van der Waals surface area contributed by atoms with Crippen molar-refractivity contribution in [2.24, 2.45) is 11.3 Å². The molecule has 0 spiro atoms. The van der Waals surface area contributed by atoms with Crippen LogP contribution in [0.2, 0.25) is 0 Å². The molecular formula is C16H30N2O3. The Hall–Kier alpha value is -1.26. The summed E-state index contributed by atoms with van der Waals surface area (Å²) in [7, 11) is 0. The predicted octanol–water partition coefficient (Wildman–Crippen LogP) is 3.10. The topological polar surface area (TPSA) is 69.6 Å². The number of carbonyl (C=O) groups excluding carboxylic acids is 1. The number of carboxylic acids is 1. The number of urea groups is 1. The highest BCUT2D eigenvalue weighted by molar-refractivity contribution is 5.78. The van der Waals surface area contributed by atoms with E-state index in [2.05, 4.69) is 19.2 Å². The molecule has 1 aliphatic rings. The Morgan fingerprint density at radius 3 is 2.48 bits per heavy atom. The molecule has 0 radical (unpaired) electrons. The molecule has 1 aliphatic heterocycles. The van der Waals surface area contributed by atoms with Gasteiger partial charge in [0.1, 0.15) is 0 Å². The van der Waals surface area contributed by atoms with Gasteiger partial charge >= 0.3 is 12.0 Å². The van der Waals surface area contributed by atoms with Crippen molar-refractivity contribution in [1.82, 2.24) is 10.2 Å². The van der Waals surface area contributed by atoms with Crippen LogP contribution in [0.4, 0.5) is 4.79 Å². The summed E-state index contributed by atoms with van der Waals surface area (Å²) in [6, 6.07) is -0.108. The van der Waals surface area contributed by atoms with Crippen LogP contribution in [0, 0.1) is 11.3 Å². The molecule has 1 unspecified atom stereocenters. The number of hydrogen-bond acceptors (Lipinski definition) is 2. The Labute approximate surface area is 128 Å². The van der Waals surface area contributed by atoms with Crippen LogP contribution in [0.3, 0.4) is 0 Å². The minimum atomic E-state index is -0.762. The predicted molar refractivity (Wildman–Crippen MR) is 83.3 cm³/mol. The van der Waals surface area contributed by atoms with Crippen LogP contribution in [-0.4, -0.2) is 41.6 Å². The third kappa shape index (κ3) is 4.61. The normalized spacial score (nSPS) is 22.4. The van der Waals surface area contributed by atoms with Crippen LogP contribution < -0.4 is 5.32 Å². The van der Waals surface area contributed by atoms with Crippen LogP contribution in [0.15, 0.2) is 0 Å². The summed E-state index contributed by atoms with van der Waals surface area (Å²) in [4.78, 5) is 25.6. The number of nitrogens with one attached hydrogen (secondary N) is 1. The van der Waals surface area contributed by atoms with Gasteiger partial charge in [-0.3, -0.25) is 4.79 Å². The van der Waals surface area contributed by atoms with E-state index in [0.29, 0.717) is 38.4 Å². The maximum atomic E-state index is 12.3. The van der Waals surface area contributed by atoms with E-state index in [1.807, 2.05) is 6.92 Å². The molecule has 0 bridgehead atoms. The number of hydrogen-bond donors (Lipinski definition) is 2. The molecule has 0 saturated carbocycles. The van der Waals surface area contributed by atoms with Gasteiger partial charge in [0.15, 0.2) is 0 Å². The lowest BCUT2D eigenvalue weighted by atomic mass is 9.76. The smallest absolute Gasteiger partial charge is 0.317 e. The Kier molecular flexibility index (Phi) is 6.99. The molecule has 1 fully saturated rings. The molecular weight excluding hydrogens is 268 g/mol. The fraction of sp³-hybridized carbons (Fsp3) is 0.875. The number of aliphatic carboxylic acids is 1. The van der Waals surface area contributed by atoms with Gasteiger partial charge in [0.25, 0.3) is 0 Å². The molecule has 5 nitrogen and oxygen atoms in total. The minimum absolute atomic E-state index is 0.108. The first kappa shape index (κ1) is 17.8. The number of carboxylic acid groups (broad SMARTS) is 1. The van der Waals surface area contributed by atoms with E-state index in [0.717, 1.165) is 25.7 Å². The van der Waals surface area contributed by atoms with Gasteiger partial charge in [0, 0.05) is 19.6 Å². The van der Waals surface area contributed by atoms with Crippen LogP contribution in [0.1, 0.15) is 59.3 Å². The Morgan fingerprint density at radius 1 is 1.29 bits per heavy atom. The summed E-state index contributed by atoms with van der Waals surface area (Å²) in [6.07, 6.45) is 5.00. The molecule has 0 aromatic heterocycles. The summed E-state index contributed by atoms with van der Waals surface area (Å²) in [6.45, 7) is 7.92. The first-order valence-corrected chi connectivity index (χ1v) is 8.25. The van der Waals surface area contributed by atoms with Gasteiger partial charge in [-0.05, 0) is 25.2 Å². The maximum absolute atomic E-state index is 12.3. The fourth-order valence-corrected chi connectivity index (χ4v) is 3.19. The molecule has 2 N–H and O–H groups in total. The zero-order valence-corrected chi connectivity index (χ0v) is 13.7. The van der Waals surface area contributed by atoms with Gasteiger partial charge in [-0.15, -0.1) is 0 Å². The van der Waals surface area contributed by atoms with E-state index in [1.54, 1.807) is 4.90 Å². The first-order chi connectivity index (χ1) is 9.99. The van der Waals surface area contributed by atoms with Crippen molar-refractivity contribution in [1.29, 1.82) is 0 Å². The monoisotopic (exact) mass is 298 g/mol. The van der Waals surface area contributed by atoms with Gasteiger partial charge in [-0.25, -0.2) is 4.79 Å². The molecule has 122 valence electrons. The van der Waals surface area contributed by atoms with E-state index < -0.39 is 11.4 Å². The van der Waals surface area contributed by atoms with Crippen molar-refractivity contribution in [2.45, 2.75) is 59.3 Å². The van der Waals surface area contributed by atoms with Gasteiger partial charge in [-0.1, -0.05) is 40.0 Å².